The number of hydrogen-bond acceptors (Lipinski definition) is 4. The summed E-state index contributed by atoms with van der Waals surface area (Å²) in [6.07, 6.45) is 0. The van der Waals surface area contributed by atoms with Gasteiger partial charge in [-0.1, -0.05) is 23.7 Å². The highest BCUT2D eigenvalue weighted by Gasteiger charge is 2.09. The Morgan fingerprint density at radius 2 is 1.91 bits per heavy atom. The van der Waals surface area contributed by atoms with E-state index in [0.717, 1.165) is 16.5 Å². The van der Waals surface area contributed by atoms with Crippen LogP contribution in [0.4, 0.5) is 0 Å². The number of carbonyl (C=O) groups excluding carboxylic acids is 1. The van der Waals surface area contributed by atoms with Crippen LogP contribution in [0.15, 0.2) is 54.6 Å². The second kappa shape index (κ2) is 6.47. The van der Waals surface area contributed by atoms with Crippen LogP contribution in [0.3, 0.4) is 0 Å². The standard InChI is InChI=1S/C18H11ClN2O2/c19-17-8-6-14-9-15(5-7-16(14)21-17)18(22)23-11-13-3-1-12(10-20)2-4-13/h1-9H,11H2. The Balaban J connectivity index is 1.72. The normalized spacial score (nSPS) is 10.3. The van der Waals surface area contributed by atoms with Gasteiger partial charge in [-0.2, -0.15) is 5.26 Å². The number of hydrogen-bond donors (Lipinski definition) is 0. The third-order valence-corrected chi connectivity index (χ3v) is 3.55. The summed E-state index contributed by atoms with van der Waals surface area (Å²) < 4.78 is 5.29. The fourth-order valence-corrected chi connectivity index (χ4v) is 2.29. The highest BCUT2D eigenvalue weighted by Crippen LogP contribution is 2.18. The Bertz CT molecular complexity index is 914. The molecule has 1 heterocycles. The Morgan fingerprint density at radius 1 is 1.13 bits per heavy atom. The number of rotatable bonds is 3. The van der Waals surface area contributed by atoms with Crippen LogP contribution in [-0.4, -0.2) is 11.0 Å². The number of pyridine rings is 1. The fourth-order valence-electron chi connectivity index (χ4n) is 2.14. The predicted octanol–water partition coefficient (Wildman–Crippen LogP) is 4.12. The minimum absolute atomic E-state index is 0.154. The zero-order chi connectivity index (χ0) is 16.2. The van der Waals surface area contributed by atoms with Gasteiger partial charge in [0.1, 0.15) is 11.8 Å². The van der Waals surface area contributed by atoms with Crippen molar-refractivity contribution in [1.29, 1.82) is 5.26 Å². The number of nitriles is 1. The first kappa shape index (κ1) is 15.0. The first-order chi connectivity index (χ1) is 11.2. The lowest BCUT2D eigenvalue weighted by Crippen LogP contribution is -2.05. The lowest BCUT2D eigenvalue weighted by atomic mass is 10.1. The molecule has 2 aromatic carbocycles. The van der Waals surface area contributed by atoms with Crippen LogP contribution < -0.4 is 0 Å². The molecule has 112 valence electrons. The zero-order valence-electron chi connectivity index (χ0n) is 12.0. The summed E-state index contributed by atoms with van der Waals surface area (Å²) in [6, 6.07) is 17.5. The molecule has 0 aliphatic rings. The van der Waals surface area contributed by atoms with Crippen LogP contribution in [0.2, 0.25) is 5.15 Å². The average molecular weight is 323 g/mol. The van der Waals surface area contributed by atoms with Crippen molar-refractivity contribution in [2.24, 2.45) is 0 Å². The molecule has 0 fully saturated rings. The summed E-state index contributed by atoms with van der Waals surface area (Å²) in [6.45, 7) is 0.154. The minimum Gasteiger partial charge on any atom is -0.457 e. The molecule has 23 heavy (non-hydrogen) atoms. The monoisotopic (exact) mass is 322 g/mol. The van der Waals surface area contributed by atoms with E-state index in [0.29, 0.717) is 16.3 Å². The number of halogens is 1. The SMILES string of the molecule is N#Cc1ccc(COC(=O)c2ccc3nc(Cl)ccc3c2)cc1. The molecule has 0 aliphatic heterocycles. The molecule has 3 rings (SSSR count). The molecule has 0 saturated heterocycles. The summed E-state index contributed by atoms with van der Waals surface area (Å²) in [5.74, 6) is -0.411. The molecule has 0 amide bonds. The first-order valence-electron chi connectivity index (χ1n) is 6.88. The molecule has 0 atom stereocenters. The van der Waals surface area contributed by atoms with Gasteiger partial charge in [0.2, 0.25) is 0 Å². The number of ether oxygens (including phenoxy) is 1. The lowest BCUT2D eigenvalue weighted by molar-refractivity contribution is 0.0473. The third-order valence-electron chi connectivity index (χ3n) is 3.34. The van der Waals surface area contributed by atoms with E-state index in [4.69, 9.17) is 21.6 Å². The van der Waals surface area contributed by atoms with E-state index in [1.165, 1.54) is 0 Å². The molecule has 4 nitrogen and oxygen atoms in total. The van der Waals surface area contributed by atoms with E-state index in [1.54, 1.807) is 48.5 Å². The molecule has 1 aromatic heterocycles. The molecule has 0 saturated carbocycles. The molecular formula is C18H11ClN2O2. The van der Waals surface area contributed by atoms with Gasteiger partial charge in [-0.05, 0) is 48.0 Å². The van der Waals surface area contributed by atoms with Crippen LogP contribution in [0.25, 0.3) is 10.9 Å². The Kier molecular flexibility index (Phi) is 4.22. The van der Waals surface area contributed by atoms with Crippen LogP contribution in [-0.2, 0) is 11.3 Å². The Hall–Kier alpha value is -2.90. The van der Waals surface area contributed by atoms with Gasteiger partial charge < -0.3 is 4.74 Å². The van der Waals surface area contributed by atoms with Crippen molar-refractivity contribution in [3.63, 3.8) is 0 Å². The molecule has 0 N–H and O–H groups in total. The van der Waals surface area contributed by atoms with Gasteiger partial charge in [0, 0.05) is 5.39 Å². The second-order valence-electron chi connectivity index (χ2n) is 4.93. The number of benzene rings is 2. The average Bonchev–Trinajstić information content (AvgIpc) is 2.59. The van der Waals surface area contributed by atoms with E-state index in [9.17, 15) is 4.79 Å². The minimum atomic E-state index is -0.411. The smallest absolute Gasteiger partial charge is 0.338 e. The molecule has 5 heteroatoms. The van der Waals surface area contributed by atoms with Gasteiger partial charge in [0.15, 0.2) is 0 Å². The number of nitrogens with zero attached hydrogens (tertiary/aromatic N) is 2. The van der Waals surface area contributed by atoms with Crippen molar-refractivity contribution < 1.29 is 9.53 Å². The number of fused-ring (bicyclic) bond motifs is 1. The summed E-state index contributed by atoms with van der Waals surface area (Å²) >= 11 is 5.84. The van der Waals surface area contributed by atoms with Crippen molar-refractivity contribution in [2.75, 3.05) is 0 Å². The molecule has 0 radical (unpaired) electrons. The fraction of sp³-hybridized carbons (Fsp3) is 0.0556. The maximum absolute atomic E-state index is 12.1. The highest BCUT2D eigenvalue weighted by atomic mass is 35.5. The van der Waals surface area contributed by atoms with Gasteiger partial charge in [0.05, 0.1) is 22.7 Å². The Labute approximate surface area is 137 Å². The van der Waals surface area contributed by atoms with E-state index in [-0.39, 0.29) is 6.61 Å². The molecule has 3 aromatic rings. The molecule has 0 unspecified atom stereocenters. The summed E-state index contributed by atoms with van der Waals surface area (Å²) in [4.78, 5) is 16.3. The summed E-state index contributed by atoms with van der Waals surface area (Å²) in [5.41, 5.74) is 2.57. The van der Waals surface area contributed by atoms with Gasteiger partial charge in [-0.25, -0.2) is 9.78 Å². The van der Waals surface area contributed by atoms with Crippen LogP contribution >= 0.6 is 11.6 Å². The summed E-state index contributed by atoms with van der Waals surface area (Å²) in [5, 5.41) is 9.98. The quantitative estimate of drug-likeness (QED) is 0.537. The Morgan fingerprint density at radius 3 is 2.65 bits per heavy atom. The maximum atomic E-state index is 12.1. The number of aromatic nitrogens is 1. The van der Waals surface area contributed by atoms with Gasteiger partial charge >= 0.3 is 5.97 Å². The lowest BCUT2D eigenvalue weighted by Gasteiger charge is -2.06. The van der Waals surface area contributed by atoms with Crippen molar-refractivity contribution >= 4 is 28.5 Å². The topological polar surface area (TPSA) is 63.0 Å². The predicted molar refractivity (Wildman–Crippen MR) is 87.0 cm³/mol. The van der Waals surface area contributed by atoms with E-state index >= 15 is 0 Å². The molecule has 0 spiro atoms. The zero-order valence-corrected chi connectivity index (χ0v) is 12.7. The third kappa shape index (κ3) is 3.47. The van der Waals surface area contributed by atoms with Crippen LogP contribution in [0.1, 0.15) is 21.5 Å². The van der Waals surface area contributed by atoms with Gasteiger partial charge in [-0.15, -0.1) is 0 Å². The van der Waals surface area contributed by atoms with Crippen LogP contribution in [0.5, 0.6) is 0 Å². The van der Waals surface area contributed by atoms with E-state index in [2.05, 4.69) is 4.98 Å². The summed E-state index contributed by atoms with van der Waals surface area (Å²) in [7, 11) is 0. The largest absolute Gasteiger partial charge is 0.457 e. The van der Waals surface area contributed by atoms with E-state index in [1.807, 2.05) is 12.1 Å². The highest BCUT2D eigenvalue weighted by molar-refractivity contribution is 6.29. The van der Waals surface area contributed by atoms with Crippen LogP contribution in [0, 0.1) is 11.3 Å². The molecule has 0 bridgehead atoms. The van der Waals surface area contributed by atoms with Gasteiger partial charge in [0.25, 0.3) is 0 Å². The molecule has 0 aliphatic carbocycles. The van der Waals surface area contributed by atoms with Crippen molar-refractivity contribution in [1.82, 2.24) is 4.98 Å². The van der Waals surface area contributed by atoms with Gasteiger partial charge in [-0.3, -0.25) is 0 Å². The molecular weight excluding hydrogens is 312 g/mol. The maximum Gasteiger partial charge on any atom is 0.338 e. The van der Waals surface area contributed by atoms with Crippen molar-refractivity contribution in [3.8, 4) is 6.07 Å². The number of esters is 1. The van der Waals surface area contributed by atoms with Crippen molar-refractivity contribution in [3.05, 3.63) is 76.4 Å². The van der Waals surface area contributed by atoms with Crippen molar-refractivity contribution in [2.45, 2.75) is 6.61 Å². The van der Waals surface area contributed by atoms with E-state index < -0.39 is 5.97 Å². The number of carbonyl (C=O) groups is 1. The second-order valence-corrected chi connectivity index (χ2v) is 5.31. The first-order valence-corrected chi connectivity index (χ1v) is 7.26.